The number of carbonyl (C=O) groups excluding carboxylic acids is 1. The van der Waals surface area contributed by atoms with E-state index in [1.807, 2.05) is 0 Å². The molecule has 4 nitrogen and oxygen atoms in total. The molecule has 1 heterocycles. The van der Waals surface area contributed by atoms with E-state index >= 15 is 0 Å². The van der Waals surface area contributed by atoms with Crippen molar-refractivity contribution in [3.05, 3.63) is 65.7 Å². The minimum absolute atomic E-state index is 0.207. The molecule has 1 aliphatic heterocycles. The summed E-state index contributed by atoms with van der Waals surface area (Å²) in [4.78, 5) is 13.2. The average Bonchev–Trinajstić information content (AvgIpc) is 2.59. The maximum Gasteiger partial charge on any atom is 0.282 e. The summed E-state index contributed by atoms with van der Waals surface area (Å²) in [5.74, 6) is -2.71. The highest BCUT2D eigenvalue weighted by Gasteiger charge is 2.48. The fourth-order valence-electron chi connectivity index (χ4n) is 2.22. The standard InChI is InChI=1S/C14H11NO3/c16-13-11-8-4-5-9-12(11)14(17,18)15(13)10-6-2-1-3-7-10/h1-9,17-18H. The lowest BCUT2D eigenvalue weighted by Gasteiger charge is -2.28. The molecule has 0 aromatic heterocycles. The number of carbonyl (C=O) groups is 1. The van der Waals surface area contributed by atoms with Crippen molar-refractivity contribution in [3.63, 3.8) is 0 Å². The van der Waals surface area contributed by atoms with E-state index in [1.54, 1.807) is 48.5 Å². The van der Waals surface area contributed by atoms with Gasteiger partial charge in [0.2, 0.25) is 0 Å². The number of nitrogens with zero attached hydrogens (tertiary/aromatic N) is 1. The van der Waals surface area contributed by atoms with Crippen molar-refractivity contribution in [3.8, 4) is 0 Å². The van der Waals surface area contributed by atoms with E-state index in [0.717, 1.165) is 4.90 Å². The lowest BCUT2D eigenvalue weighted by molar-refractivity contribution is -0.158. The molecule has 1 amide bonds. The predicted molar refractivity (Wildman–Crippen MR) is 65.8 cm³/mol. The molecule has 0 bridgehead atoms. The molecular formula is C14H11NO3. The van der Waals surface area contributed by atoms with E-state index < -0.39 is 11.8 Å². The number of rotatable bonds is 1. The Morgan fingerprint density at radius 1 is 0.889 bits per heavy atom. The number of fused-ring (bicyclic) bond motifs is 1. The second-order valence-corrected chi connectivity index (χ2v) is 4.16. The van der Waals surface area contributed by atoms with Crippen LogP contribution in [0.3, 0.4) is 0 Å². The summed E-state index contributed by atoms with van der Waals surface area (Å²) in [6.07, 6.45) is 0. The minimum atomic E-state index is -2.30. The Morgan fingerprint density at radius 2 is 1.50 bits per heavy atom. The minimum Gasteiger partial charge on any atom is -0.345 e. The van der Waals surface area contributed by atoms with Crippen molar-refractivity contribution in [2.24, 2.45) is 0 Å². The highest BCUT2D eigenvalue weighted by Crippen LogP contribution is 2.38. The number of anilines is 1. The number of benzene rings is 2. The zero-order valence-electron chi connectivity index (χ0n) is 9.45. The molecule has 0 radical (unpaired) electrons. The first-order chi connectivity index (χ1) is 8.62. The van der Waals surface area contributed by atoms with Crippen LogP contribution in [0.5, 0.6) is 0 Å². The number of hydrogen-bond donors (Lipinski definition) is 2. The van der Waals surface area contributed by atoms with Gasteiger partial charge in [-0.2, -0.15) is 0 Å². The van der Waals surface area contributed by atoms with E-state index in [4.69, 9.17) is 0 Å². The number of hydrogen-bond acceptors (Lipinski definition) is 3. The fraction of sp³-hybridized carbons (Fsp3) is 0.0714. The van der Waals surface area contributed by atoms with Gasteiger partial charge in [-0.1, -0.05) is 36.4 Å². The van der Waals surface area contributed by atoms with E-state index in [1.165, 1.54) is 6.07 Å². The van der Waals surface area contributed by atoms with Gasteiger partial charge in [0.1, 0.15) is 0 Å². The third-order valence-corrected chi connectivity index (χ3v) is 3.05. The largest absolute Gasteiger partial charge is 0.345 e. The lowest BCUT2D eigenvalue weighted by Crippen LogP contribution is -2.43. The third kappa shape index (κ3) is 1.37. The van der Waals surface area contributed by atoms with Gasteiger partial charge >= 0.3 is 0 Å². The smallest absolute Gasteiger partial charge is 0.282 e. The highest BCUT2D eigenvalue weighted by molar-refractivity contribution is 6.11. The first-order valence-corrected chi connectivity index (χ1v) is 5.56. The van der Waals surface area contributed by atoms with Gasteiger partial charge in [0.05, 0.1) is 5.56 Å². The van der Waals surface area contributed by atoms with Crippen molar-refractivity contribution in [1.29, 1.82) is 0 Å². The summed E-state index contributed by atoms with van der Waals surface area (Å²) >= 11 is 0. The van der Waals surface area contributed by atoms with Crippen molar-refractivity contribution in [2.45, 2.75) is 5.91 Å². The Morgan fingerprint density at radius 3 is 2.17 bits per heavy atom. The highest BCUT2D eigenvalue weighted by atomic mass is 16.5. The van der Waals surface area contributed by atoms with Crippen LogP contribution >= 0.6 is 0 Å². The van der Waals surface area contributed by atoms with Crippen molar-refractivity contribution in [2.75, 3.05) is 4.90 Å². The molecule has 0 spiro atoms. The molecule has 2 aromatic carbocycles. The lowest BCUT2D eigenvalue weighted by atomic mass is 10.1. The second-order valence-electron chi connectivity index (χ2n) is 4.16. The monoisotopic (exact) mass is 241 g/mol. The van der Waals surface area contributed by atoms with Crippen LogP contribution in [0.2, 0.25) is 0 Å². The predicted octanol–water partition coefficient (Wildman–Crippen LogP) is 1.44. The molecule has 0 unspecified atom stereocenters. The van der Waals surface area contributed by atoms with Crippen LogP contribution in [0.1, 0.15) is 15.9 Å². The van der Waals surface area contributed by atoms with Gasteiger partial charge in [0, 0.05) is 11.3 Å². The average molecular weight is 241 g/mol. The van der Waals surface area contributed by atoms with E-state index in [2.05, 4.69) is 0 Å². The summed E-state index contributed by atoms with van der Waals surface area (Å²) in [6, 6.07) is 15.1. The van der Waals surface area contributed by atoms with E-state index in [0.29, 0.717) is 11.3 Å². The van der Waals surface area contributed by atoms with Crippen molar-refractivity contribution < 1.29 is 15.0 Å². The maximum absolute atomic E-state index is 12.2. The summed E-state index contributed by atoms with van der Waals surface area (Å²) in [6.45, 7) is 0. The van der Waals surface area contributed by atoms with Crippen molar-refractivity contribution >= 4 is 11.6 Å². The molecule has 2 aromatic rings. The summed E-state index contributed by atoms with van der Waals surface area (Å²) in [7, 11) is 0. The topological polar surface area (TPSA) is 60.8 Å². The van der Waals surface area contributed by atoms with E-state index in [9.17, 15) is 15.0 Å². The van der Waals surface area contributed by atoms with E-state index in [-0.39, 0.29) is 5.56 Å². The Labute approximate surface area is 104 Å². The van der Waals surface area contributed by atoms with Crippen LogP contribution in [-0.2, 0) is 5.91 Å². The van der Waals surface area contributed by atoms with Gasteiger partial charge in [-0.15, -0.1) is 0 Å². The molecule has 90 valence electrons. The van der Waals surface area contributed by atoms with Crippen LogP contribution in [-0.4, -0.2) is 16.1 Å². The number of amides is 1. The van der Waals surface area contributed by atoms with Crippen molar-refractivity contribution in [1.82, 2.24) is 0 Å². The molecule has 1 aliphatic rings. The fourth-order valence-corrected chi connectivity index (χ4v) is 2.22. The molecule has 0 saturated heterocycles. The van der Waals surface area contributed by atoms with Crippen LogP contribution in [0, 0.1) is 0 Å². The zero-order valence-corrected chi connectivity index (χ0v) is 9.45. The van der Waals surface area contributed by atoms with Crippen LogP contribution in [0.25, 0.3) is 0 Å². The van der Waals surface area contributed by atoms with Gasteiger partial charge in [-0.3, -0.25) is 9.69 Å². The molecule has 0 saturated carbocycles. The number of aliphatic hydroxyl groups is 2. The molecule has 2 N–H and O–H groups in total. The van der Waals surface area contributed by atoms with Gasteiger partial charge < -0.3 is 10.2 Å². The maximum atomic E-state index is 12.2. The van der Waals surface area contributed by atoms with Crippen LogP contribution in [0.15, 0.2) is 54.6 Å². The second kappa shape index (κ2) is 3.66. The number of para-hydroxylation sites is 1. The quantitative estimate of drug-likeness (QED) is 0.743. The molecule has 18 heavy (non-hydrogen) atoms. The summed E-state index contributed by atoms with van der Waals surface area (Å²) < 4.78 is 0. The Bertz CT molecular complexity index is 607. The first-order valence-electron chi connectivity index (χ1n) is 5.56. The molecule has 3 rings (SSSR count). The zero-order chi connectivity index (χ0) is 12.8. The van der Waals surface area contributed by atoms with Gasteiger partial charge in [0.25, 0.3) is 11.8 Å². The van der Waals surface area contributed by atoms with Gasteiger partial charge in [0.15, 0.2) is 0 Å². The van der Waals surface area contributed by atoms with Gasteiger partial charge in [-0.05, 0) is 18.2 Å². The first kappa shape index (κ1) is 11.0. The molecule has 0 atom stereocenters. The summed E-state index contributed by atoms with van der Waals surface area (Å²) in [5, 5.41) is 20.4. The van der Waals surface area contributed by atoms with Crippen LogP contribution in [0.4, 0.5) is 5.69 Å². The molecule has 4 heteroatoms. The Balaban J connectivity index is 2.18. The summed E-state index contributed by atoms with van der Waals surface area (Å²) in [5.41, 5.74) is 0.967. The van der Waals surface area contributed by atoms with Gasteiger partial charge in [-0.25, -0.2) is 0 Å². The Kier molecular flexibility index (Phi) is 2.23. The molecule has 0 fully saturated rings. The Hall–Kier alpha value is -2.17. The van der Waals surface area contributed by atoms with Crippen LogP contribution < -0.4 is 4.90 Å². The third-order valence-electron chi connectivity index (χ3n) is 3.05. The molecule has 0 aliphatic carbocycles. The SMILES string of the molecule is O=C1c2ccccc2C(O)(O)N1c1ccccc1. The molecular weight excluding hydrogens is 230 g/mol. The normalized spacial score (nSPS) is 16.8.